The molecule has 0 saturated heterocycles. The monoisotopic (exact) mass is 264 g/mol. The van der Waals surface area contributed by atoms with E-state index in [1.807, 2.05) is 20.8 Å². The van der Waals surface area contributed by atoms with Gasteiger partial charge in [-0.1, -0.05) is 27.2 Å². The summed E-state index contributed by atoms with van der Waals surface area (Å²) in [5.41, 5.74) is 1.81. The Morgan fingerprint density at radius 3 is 2.47 bits per heavy atom. The van der Waals surface area contributed by atoms with Crippen molar-refractivity contribution in [2.45, 2.75) is 59.4 Å². The van der Waals surface area contributed by atoms with Gasteiger partial charge in [0.1, 0.15) is 5.56 Å². The number of carbonyl (C=O) groups excluding carboxylic acids is 1. The first-order valence-electron chi connectivity index (χ1n) is 7.07. The minimum absolute atomic E-state index is 0.128. The molecule has 0 bridgehead atoms. The van der Waals surface area contributed by atoms with E-state index in [4.69, 9.17) is 0 Å². The first kappa shape index (κ1) is 15.5. The van der Waals surface area contributed by atoms with Crippen LogP contribution < -0.4 is 10.9 Å². The van der Waals surface area contributed by atoms with Gasteiger partial charge in [0.2, 0.25) is 0 Å². The number of aryl methyl sites for hydroxylation is 2. The van der Waals surface area contributed by atoms with Gasteiger partial charge in [-0.25, -0.2) is 0 Å². The third-order valence-electron chi connectivity index (χ3n) is 3.43. The number of hydrogen-bond donors (Lipinski definition) is 2. The summed E-state index contributed by atoms with van der Waals surface area (Å²) in [5.74, 6) is -0.271. The molecule has 0 saturated carbocycles. The van der Waals surface area contributed by atoms with Crippen LogP contribution in [0.3, 0.4) is 0 Å². The van der Waals surface area contributed by atoms with Crippen molar-refractivity contribution < 1.29 is 4.79 Å². The van der Waals surface area contributed by atoms with E-state index in [-0.39, 0.29) is 23.1 Å². The molecular formula is C15H24N2O2. The lowest BCUT2D eigenvalue weighted by Crippen LogP contribution is -2.37. The zero-order chi connectivity index (χ0) is 14.4. The summed E-state index contributed by atoms with van der Waals surface area (Å²) in [4.78, 5) is 26.8. The number of amides is 1. The third-order valence-corrected chi connectivity index (χ3v) is 3.43. The normalized spacial score (nSPS) is 10.8. The fraction of sp³-hybridized carbons (Fsp3) is 0.600. The highest BCUT2D eigenvalue weighted by atomic mass is 16.2. The second-order valence-corrected chi connectivity index (χ2v) is 4.90. The van der Waals surface area contributed by atoms with E-state index in [0.29, 0.717) is 0 Å². The van der Waals surface area contributed by atoms with Crippen molar-refractivity contribution >= 4 is 5.91 Å². The van der Waals surface area contributed by atoms with Gasteiger partial charge in [-0.15, -0.1) is 0 Å². The Balaban J connectivity index is 3.02. The molecule has 1 aromatic heterocycles. The molecule has 0 aliphatic carbocycles. The number of pyridine rings is 1. The smallest absolute Gasteiger partial charge is 0.261 e. The lowest BCUT2D eigenvalue weighted by atomic mass is 10.1. The summed E-state index contributed by atoms with van der Waals surface area (Å²) in [5, 5.41) is 2.90. The predicted octanol–water partition coefficient (Wildman–Crippen LogP) is 2.55. The Labute approximate surface area is 114 Å². The van der Waals surface area contributed by atoms with Gasteiger partial charge in [-0.05, 0) is 37.8 Å². The molecule has 1 rings (SSSR count). The molecule has 0 aliphatic heterocycles. The number of hydrogen-bond acceptors (Lipinski definition) is 2. The standard InChI is InChI=1S/C15H24N2O2/c1-5-8-11-9-13(14(18)16-10(11)4)15(19)17-12(6-2)7-3/h9,12H,5-8H2,1-4H3,(H,16,18)(H,17,19). The van der Waals surface area contributed by atoms with E-state index in [0.717, 1.165) is 36.9 Å². The molecule has 0 aliphatic rings. The molecule has 0 radical (unpaired) electrons. The highest BCUT2D eigenvalue weighted by molar-refractivity contribution is 5.94. The van der Waals surface area contributed by atoms with Gasteiger partial charge in [0, 0.05) is 11.7 Å². The second-order valence-electron chi connectivity index (χ2n) is 4.90. The van der Waals surface area contributed by atoms with Gasteiger partial charge in [-0.3, -0.25) is 9.59 Å². The zero-order valence-corrected chi connectivity index (χ0v) is 12.3. The summed E-state index contributed by atoms with van der Waals surface area (Å²) in [6.45, 7) is 8.00. The van der Waals surface area contributed by atoms with E-state index >= 15 is 0 Å². The summed E-state index contributed by atoms with van der Waals surface area (Å²) in [6, 6.07) is 1.86. The van der Waals surface area contributed by atoms with E-state index in [1.54, 1.807) is 6.07 Å². The van der Waals surface area contributed by atoms with Gasteiger partial charge in [-0.2, -0.15) is 0 Å². The molecule has 0 aromatic carbocycles. The Kier molecular flexibility index (Phi) is 5.80. The van der Waals surface area contributed by atoms with Gasteiger partial charge in [0.15, 0.2) is 0 Å². The van der Waals surface area contributed by atoms with Crippen molar-refractivity contribution in [3.8, 4) is 0 Å². The van der Waals surface area contributed by atoms with Crippen molar-refractivity contribution in [1.29, 1.82) is 0 Å². The van der Waals surface area contributed by atoms with E-state index in [2.05, 4.69) is 17.2 Å². The summed E-state index contributed by atoms with van der Waals surface area (Å²) in [6.07, 6.45) is 3.59. The Morgan fingerprint density at radius 2 is 1.95 bits per heavy atom. The second kappa shape index (κ2) is 7.12. The first-order valence-corrected chi connectivity index (χ1v) is 7.07. The van der Waals surface area contributed by atoms with Crippen LogP contribution in [0, 0.1) is 6.92 Å². The fourth-order valence-corrected chi connectivity index (χ4v) is 2.12. The van der Waals surface area contributed by atoms with Crippen molar-refractivity contribution in [3.05, 3.63) is 33.2 Å². The van der Waals surface area contributed by atoms with Gasteiger partial charge < -0.3 is 10.3 Å². The quantitative estimate of drug-likeness (QED) is 0.829. The van der Waals surface area contributed by atoms with Crippen molar-refractivity contribution in [1.82, 2.24) is 10.3 Å². The number of nitrogens with one attached hydrogen (secondary N) is 2. The molecule has 0 fully saturated rings. The maximum absolute atomic E-state index is 12.1. The average molecular weight is 264 g/mol. The van der Waals surface area contributed by atoms with Gasteiger partial charge in [0.05, 0.1) is 0 Å². The van der Waals surface area contributed by atoms with Gasteiger partial charge in [0.25, 0.3) is 11.5 Å². The van der Waals surface area contributed by atoms with Crippen LogP contribution >= 0.6 is 0 Å². The SMILES string of the molecule is CCCc1cc(C(=O)NC(CC)CC)c(=O)[nH]c1C. The fourth-order valence-electron chi connectivity index (χ4n) is 2.12. The maximum Gasteiger partial charge on any atom is 0.261 e. The predicted molar refractivity (Wildman–Crippen MR) is 77.6 cm³/mol. The zero-order valence-electron chi connectivity index (χ0n) is 12.3. The van der Waals surface area contributed by atoms with Crippen LogP contribution in [0.4, 0.5) is 0 Å². The van der Waals surface area contributed by atoms with Crippen LogP contribution in [-0.4, -0.2) is 16.9 Å². The van der Waals surface area contributed by atoms with Gasteiger partial charge >= 0.3 is 0 Å². The lowest BCUT2D eigenvalue weighted by molar-refractivity contribution is 0.0933. The molecule has 1 aromatic rings. The molecule has 0 unspecified atom stereocenters. The molecule has 106 valence electrons. The Morgan fingerprint density at radius 1 is 1.32 bits per heavy atom. The van der Waals surface area contributed by atoms with E-state index < -0.39 is 0 Å². The molecule has 2 N–H and O–H groups in total. The van der Waals surface area contributed by atoms with Crippen LogP contribution in [0.1, 0.15) is 61.6 Å². The summed E-state index contributed by atoms with van der Waals surface area (Å²) < 4.78 is 0. The third kappa shape index (κ3) is 3.94. The van der Waals surface area contributed by atoms with Crippen LogP contribution in [0.25, 0.3) is 0 Å². The van der Waals surface area contributed by atoms with E-state index in [1.165, 1.54) is 0 Å². The number of aromatic nitrogens is 1. The highest BCUT2D eigenvalue weighted by Crippen LogP contribution is 2.08. The van der Waals surface area contributed by atoms with Crippen LogP contribution in [0.5, 0.6) is 0 Å². The molecule has 0 atom stereocenters. The van der Waals surface area contributed by atoms with Crippen molar-refractivity contribution in [2.24, 2.45) is 0 Å². The van der Waals surface area contributed by atoms with Crippen molar-refractivity contribution in [2.75, 3.05) is 0 Å². The molecule has 19 heavy (non-hydrogen) atoms. The Hall–Kier alpha value is -1.58. The number of aromatic amines is 1. The number of H-pyrrole nitrogens is 1. The minimum atomic E-state index is -0.305. The maximum atomic E-state index is 12.1. The van der Waals surface area contributed by atoms with E-state index in [9.17, 15) is 9.59 Å². The topological polar surface area (TPSA) is 62.0 Å². The minimum Gasteiger partial charge on any atom is -0.349 e. The summed E-state index contributed by atoms with van der Waals surface area (Å²) in [7, 11) is 0. The lowest BCUT2D eigenvalue weighted by Gasteiger charge is -2.15. The number of rotatable bonds is 6. The van der Waals surface area contributed by atoms with Crippen LogP contribution in [0.15, 0.2) is 10.9 Å². The van der Waals surface area contributed by atoms with Crippen LogP contribution in [-0.2, 0) is 6.42 Å². The molecule has 0 spiro atoms. The van der Waals surface area contributed by atoms with Crippen molar-refractivity contribution in [3.63, 3.8) is 0 Å². The molecular weight excluding hydrogens is 240 g/mol. The molecule has 1 heterocycles. The largest absolute Gasteiger partial charge is 0.349 e. The average Bonchev–Trinajstić information content (AvgIpc) is 2.38. The molecule has 1 amide bonds. The first-order chi connectivity index (χ1) is 9.03. The number of carbonyl (C=O) groups is 1. The summed E-state index contributed by atoms with van der Waals surface area (Å²) >= 11 is 0. The highest BCUT2D eigenvalue weighted by Gasteiger charge is 2.15. The Bertz CT molecular complexity index is 487. The molecule has 4 nitrogen and oxygen atoms in total. The van der Waals surface area contributed by atoms with Crippen LogP contribution in [0.2, 0.25) is 0 Å². The molecule has 4 heteroatoms.